The van der Waals surface area contributed by atoms with E-state index in [1.807, 2.05) is 21.9 Å². The maximum atomic E-state index is 12.9. The molecular weight excluding hydrogens is 430 g/mol. The molecule has 0 bridgehead atoms. The zero-order valence-corrected chi connectivity index (χ0v) is 19.0. The smallest absolute Gasteiger partial charge is 0.257 e. The first-order valence-corrected chi connectivity index (χ1v) is 11.2. The molecule has 7 nitrogen and oxygen atoms in total. The van der Waals surface area contributed by atoms with E-state index in [0.717, 1.165) is 19.6 Å². The lowest BCUT2D eigenvalue weighted by atomic mass is 10.1. The summed E-state index contributed by atoms with van der Waals surface area (Å²) in [7, 11) is 1.58. The summed E-state index contributed by atoms with van der Waals surface area (Å²) in [4.78, 5) is 31.7. The number of para-hydroxylation sites is 1. The van der Waals surface area contributed by atoms with E-state index < -0.39 is 0 Å². The van der Waals surface area contributed by atoms with Gasteiger partial charge in [-0.25, -0.2) is 0 Å². The molecule has 0 aliphatic carbocycles. The normalized spacial score (nSPS) is 19.6. The van der Waals surface area contributed by atoms with E-state index in [2.05, 4.69) is 4.90 Å². The number of piperazine rings is 1. The second-order valence-electron chi connectivity index (χ2n) is 8.04. The molecule has 8 heteroatoms. The van der Waals surface area contributed by atoms with E-state index in [1.165, 1.54) is 0 Å². The van der Waals surface area contributed by atoms with Crippen molar-refractivity contribution in [3.05, 3.63) is 64.7 Å². The predicted molar refractivity (Wildman–Crippen MR) is 122 cm³/mol. The molecule has 1 atom stereocenters. The Bertz CT molecular complexity index is 945. The van der Waals surface area contributed by atoms with Crippen LogP contribution in [0.2, 0.25) is 5.02 Å². The second-order valence-corrected chi connectivity index (χ2v) is 8.48. The molecular formula is C24H28ClN3O4. The molecule has 0 spiro atoms. The number of hydrogen-bond donors (Lipinski definition) is 0. The number of ether oxygens (including phenoxy) is 2. The number of carbonyl (C=O) groups excluding carboxylic acids is 2. The van der Waals surface area contributed by atoms with Crippen LogP contribution in [0.25, 0.3) is 0 Å². The van der Waals surface area contributed by atoms with Gasteiger partial charge in [0.15, 0.2) is 0 Å². The highest BCUT2D eigenvalue weighted by atomic mass is 35.5. The van der Waals surface area contributed by atoms with Gasteiger partial charge in [-0.15, -0.1) is 0 Å². The topological polar surface area (TPSA) is 62.3 Å². The van der Waals surface area contributed by atoms with Crippen LogP contribution in [0.3, 0.4) is 0 Å². The van der Waals surface area contributed by atoms with E-state index in [-0.39, 0.29) is 17.9 Å². The molecule has 2 aliphatic heterocycles. The molecule has 0 saturated carbocycles. The van der Waals surface area contributed by atoms with Crippen molar-refractivity contribution in [3.8, 4) is 5.75 Å². The number of halogens is 1. The van der Waals surface area contributed by atoms with Crippen molar-refractivity contribution in [3.63, 3.8) is 0 Å². The van der Waals surface area contributed by atoms with Gasteiger partial charge in [0.1, 0.15) is 5.75 Å². The quantitative estimate of drug-likeness (QED) is 0.690. The number of benzene rings is 2. The standard InChI is InChI=1S/C24H28ClN3O4/c1-31-22-5-3-2-4-21(22)24(30)27-12-10-26(11-13-27)16-20-17-28(14-15-32-20)23(29)18-6-8-19(25)9-7-18/h2-9,20H,10-17H2,1H3. The Morgan fingerprint density at radius 3 is 2.41 bits per heavy atom. The van der Waals surface area contributed by atoms with Crippen molar-refractivity contribution in [2.45, 2.75) is 6.10 Å². The minimum atomic E-state index is -0.0449. The van der Waals surface area contributed by atoms with Crippen molar-refractivity contribution in [1.29, 1.82) is 0 Å². The number of rotatable bonds is 5. The minimum Gasteiger partial charge on any atom is -0.496 e. The Kier molecular flexibility index (Phi) is 7.29. The average molecular weight is 458 g/mol. The fourth-order valence-corrected chi connectivity index (χ4v) is 4.33. The molecule has 2 aliphatic rings. The molecule has 0 N–H and O–H groups in total. The van der Waals surface area contributed by atoms with Crippen LogP contribution in [0.1, 0.15) is 20.7 Å². The van der Waals surface area contributed by atoms with Crippen molar-refractivity contribution < 1.29 is 19.1 Å². The molecule has 2 aromatic carbocycles. The lowest BCUT2D eigenvalue weighted by molar-refractivity contribution is -0.0400. The maximum Gasteiger partial charge on any atom is 0.257 e. The summed E-state index contributed by atoms with van der Waals surface area (Å²) in [6, 6.07) is 14.3. The Labute approximate surface area is 193 Å². The molecule has 2 saturated heterocycles. The SMILES string of the molecule is COc1ccccc1C(=O)N1CCN(CC2CN(C(=O)c3ccc(Cl)cc3)CCO2)CC1. The van der Waals surface area contributed by atoms with Gasteiger partial charge in [0.2, 0.25) is 0 Å². The van der Waals surface area contributed by atoms with Gasteiger partial charge in [-0.1, -0.05) is 23.7 Å². The van der Waals surface area contributed by atoms with Gasteiger partial charge in [-0.05, 0) is 36.4 Å². The van der Waals surface area contributed by atoms with Gasteiger partial charge in [-0.2, -0.15) is 0 Å². The van der Waals surface area contributed by atoms with Gasteiger partial charge in [0.05, 0.1) is 25.4 Å². The van der Waals surface area contributed by atoms with Crippen molar-refractivity contribution in [2.24, 2.45) is 0 Å². The Morgan fingerprint density at radius 2 is 1.69 bits per heavy atom. The number of morpholine rings is 1. The Hall–Kier alpha value is -2.61. The molecule has 170 valence electrons. The maximum absolute atomic E-state index is 12.9. The Balaban J connectivity index is 1.29. The Morgan fingerprint density at radius 1 is 0.969 bits per heavy atom. The first-order chi connectivity index (χ1) is 15.5. The van der Waals surface area contributed by atoms with Gasteiger partial charge < -0.3 is 19.3 Å². The fourth-order valence-electron chi connectivity index (χ4n) is 4.20. The van der Waals surface area contributed by atoms with Crippen LogP contribution in [0, 0.1) is 0 Å². The van der Waals surface area contributed by atoms with E-state index >= 15 is 0 Å². The molecule has 2 aromatic rings. The molecule has 2 fully saturated rings. The molecule has 32 heavy (non-hydrogen) atoms. The first-order valence-electron chi connectivity index (χ1n) is 10.9. The predicted octanol–water partition coefficient (Wildman–Crippen LogP) is 2.65. The first kappa shape index (κ1) is 22.6. The highest BCUT2D eigenvalue weighted by Gasteiger charge is 2.29. The van der Waals surface area contributed by atoms with Crippen molar-refractivity contribution in [1.82, 2.24) is 14.7 Å². The van der Waals surface area contributed by atoms with E-state index in [4.69, 9.17) is 21.1 Å². The largest absolute Gasteiger partial charge is 0.496 e. The number of methoxy groups -OCH3 is 1. The van der Waals surface area contributed by atoms with Crippen molar-refractivity contribution in [2.75, 3.05) is 59.5 Å². The van der Waals surface area contributed by atoms with Gasteiger partial charge in [-0.3, -0.25) is 14.5 Å². The van der Waals surface area contributed by atoms with E-state index in [1.54, 1.807) is 43.5 Å². The zero-order chi connectivity index (χ0) is 22.5. The number of nitrogens with zero attached hydrogens (tertiary/aromatic N) is 3. The van der Waals surface area contributed by atoms with Gasteiger partial charge in [0, 0.05) is 56.4 Å². The van der Waals surface area contributed by atoms with E-state index in [0.29, 0.717) is 54.7 Å². The molecule has 0 aromatic heterocycles. The van der Waals surface area contributed by atoms with Crippen LogP contribution in [-0.2, 0) is 4.74 Å². The van der Waals surface area contributed by atoms with Crippen LogP contribution in [0.15, 0.2) is 48.5 Å². The summed E-state index contributed by atoms with van der Waals surface area (Å²) < 4.78 is 11.3. The van der Waals surface area contributed by atoms with Gasteiger partial charge in [0.25, 0.3) is 11.8 Å². The molecule has 2 heterocycles. The highest BCUT2D eigenvalue weighted by Crippen LogP contribution is 2.20. The van der Waals surface area contributed by atoms with Crippen molar-refractivity contribution >= 4 is 23.4 Å². The second kappa shape index (κ2) is 10.3. The summed E-state index contributed by atoms with van der Waals surface area (Å²) in [6.45, 7) is 5.24. The van der Waals surface area contributed by atoms with Crippen LogP contribution in [0.5, 0.6) is 5.75 Å². The number of amides is 2. The molecule has 0 radical (unpaired) electrons. The molecule has 2 amide bonds. The minimum absolute atomic E-state index is 0.00203. The highest BCUT2D eigenvalue weighted by molar-refractivity contribution is 6.30. The average Bonchev–Trinajstić information content (AvgIpc) is 2.84. The van der Waals surface area contributed by atoms with E-state index in [9.17, 15) is 9.59 Å². The summed E-state index contributed by atoms with van der Waals surface area (Å²) >= 11 is 5.93. The molecule has 4 rings (SSSR count). The third-order valence-electron chi connectivity index (χ3n) is 5.98. The van der Waals surface area contributed by atoms with Crippen LogP contribution in [-0.4, -0.2) is 92.1 Å². The molecule has 1 unspecified atom stereocenters. The lowest BCUT2D eigenvalue weighted by Gasteiger charge is -2.39. The third kappa shape index (κ3) is 5.23. The van der Waals surface area contributed by atoms with Crippen LogP contribution >= 0.6 is 11.6 Å². The summed E-state index contributed by atoms with van der Waals surface area (Å²) in [5.74, 6) is 0.596. The number of carbonyl (C=O) groups is 2. The monoisotopic (exact) mass is 457 g/mol. The summed E-state index contributed by atoms with van der Waals surface area (Å²) in [6.07, 6.45) is -0.0449. The third-order valence-corrected chi connectivity index (χ3v) is 6.23. The van der Waals surface area contributed by atoms with Crippen LogP contribution < -0.4 is 4.74 Å². The zero-order valence-electron chi connectivity index (χ0n) is 18.2. The number of hydrogen-bond acceptors (Lipinski definition) is 5. The fraction of sp³-hybridized carbons (Fsp3) is 0.417. The lowest BCUT2D eigenvalue weighted by Crippen LogP contribution is -2.54. The summed E-state index contributed by atoms with van der Waals surface area (Å²) in [5, 5.41) is 0.615. The van der Waals surface area contributed by atoms with Gasteiger partial charge >= 0.3 is 0 Å². The summed E-state index contributed by atoms with van der Waals surface area (Å²) in [5.41, 5.74) is 1.23. The van der Waals surface area contributed by atoms with Crippen LogP contribution in [0.4, 0.5) is 0 Å².